The first-order valence-electron chi connectivity index (χ1n) is 9.47. The molecule has 1 saturated heterocycles. The van der Waals surface area contributed by atoms with Crippen molar-refractivity contribution in [1.29, 1.82) is 0 Å². The van der Waals surface area contributed by atoms with Crippen LogP contribution in [-0.4, -0.2) is 48.6 Å². The van der Waals surface area contributed by atoms with Crippen molar-refractivity contribution in [3.8, 4) is 0 Å². The first-order chi connectivity index (χ1) is 12.8. The first-order valence-corrected chi connectivity index (χ1v) is 10.3. The number of nitrogens with zero attached hydrogens (tertiary/aromatic N) is 3. The van der Waals surface area contributed by atoms with Crippen LogP contribution in [0.5, 0.6) is 0 Å². The largest absolute Gasteiger partial charge is 0.468 e. The summed E-state index contributed by atoms with van der Waals surface area (Å²) in [5.41, 5.74) is 0. The van der Waals surface area contributed by atoms with E-state index in [1.54, 1.807) is 17.6 Å². The van der Waals surface area contributed by atoms with Gasteiger partial charge in [-0.15, -0.1) is 11.3 Å². The lowest BCUT2D eigenvalue weighted by atomic mass is 10.2. The van der Waals surface area contributed by atoms with Gasteiger partial charge < -0.3 is 15.1 Å². The van der Waals surface area contributed by atoms with Crippen molar-refractivity contribution >= 4 is 17.3 Å². The maximum Gasteiger partial charge on any atom is 0.191 e. The van der Waals surface area contributed by atoms with Crippen molar-refractivity contribution < 1.29 is 4.42 Å². The summed E-state index contributed by atoms with van der Waals surface area (Å²) in [5.74, 6) is 1.86. The average molecular weight is 376 g/mol. The van der Waals surface area contributed by atoms with Crippen LogP contribution in [0.3, 0.4) is 0 Å². The molecule has 0 amide bonds. The topological polar surface area (TPSA) is 65.7 Å². The van der Waals surface area contributed by atoms with Crippen molar-refractivity contribution in [3.05, 3.63) is 40.2 Å². The molecule has 2 aromatic rings. The molecule has 0 spiro atoms. The maximum absolute atomic E-state index is 5.68. The van der Waals surface area contributed by atoms with E-state index in [1.165, 1.54) is 17.7 Å². The number of rotatable bonds is 8. The van der Waals surface area contributed by atoms with Gasteiger partial charge in [0.05, 0.1) is 23.9 Å². The molecule has 2 aromatic heterocycles. The molecule has 3 heterocycles. The van der Waals surface area contributed by atoms with E-state index in [-0.39, 0.29) is 6.04 Å². The third kappa shape index (κ3) is 5.32. The minimum atomic E-state index is 0.213. The fourth-order valence-corrected chi connectivity index (χ4v) is 4.03. The zero-order valence-electron chi connectivity index (χ0n) is 15.7. The lowest BCUT2D eigenvalue weighted by molar-refractivity contribution is 0.221. The highest BCUT2D eigenvalue weighted by Crippen LogP contribution is 2.25. The SMILES string of the molecule is CCNC(=NCC(c1ccco1)N1CCCC1)NCCc1ncc(C)s1. The number of guanidine groups is 1. The molecule has 2 N–H and O–H groups in total. The smallest absolute Gasteiger partial charge is 0.191 e. The summed E-state index contributed by atoms with van der Waals surface area (Å²) in [7, 11) is 0. The van der Waals surface area contributed by atoms with E-state index in [2.05, 4.69) is 40.4 Å². The molecule has 0 aliphatic carbocycles. The highest BCUT2D eigenvalue weighted by Gasteiger charge is 2.25. The Hall–Kier alpha value is -1.86. The number of aliphatic imine (C=N–C) groups is 1. The van der Waals surface area contributed by atoms with Crippen LogP contribution in [0.25, 0.3) is 0 Å². The predicted octanol–water partition coefficient (Wildman–Crippen LogP) is 2.98. The number of aryl methyl sites for hydroxylation is 1. The fourth-order valence-electron chi connectivity index (χ4n) is 3.24. The van der Waals surface area contributed by atoms with Gasteiger partial charge in [-0.3, -0.25) is 9.89 Å². The quantitative estimate of drug-likeness (QED) is 0.548. The minimum Gasteiger partial charge on any atom is -0.468 e. The second-order valence-electron chi connectivity index (χ2n) is 6.54. The van der Waals surface area contributed by atoms with Crippen LogP contribution in [0.2, 0.25) is 0 Å². The molecule has 6 nitrogen and oxygen atoms in total. The number of thiazole rings is 1. The monoisotopic (exact) mass is 375 g/mol. The van der Waals surface area contributed by atoms with Gasteiger partial charge in [0.2, 0.25) is 0 Å². The number of hydrogen-bond acceptors (Lipinski definition) is 5. The van der Waals surface area contributed by atoms with Crippen LogP contribution in [0, 0.1) is 6.92 Å². The van der Waals surface area contributed by atoms with Gasteiger partial charge in [-0.2, -0.15) is 0 Å². The fraction of sp³-hybridized carbons (Fsp3) is 0.579. The Bertz CT molecular complexity index is 676. The van der Waals surface area contributed by atoms with Crippen LogP contribution in [0.15, 0.2) is 34.0 Å². The third-order valence-corrected chi connectivity index (χ3v) is 5.49. The molecule has 0 bridgehead atoms. The summed E-state index contributed by atoms with van der Waals surface area (Å²) in [4.78, 5) is 13.0. The van der Waals surface area contributed by atoms with E-state index in [4.69, 9.17) is 9.41 Å². The summed E-state index contributed by atoms with van der Waals surface area (Å²) in [6.07, 6.45) is 7.11. The normalized spacial score (nSPS) is 16.8. The summed E-state index contributed by atoms with van der Waals surface area (Å²) < 4.78 is 5.68. The molecule has 1 aliphatic heterocycles. The molecule has 0 saturated carbocycles. The summed E-state index contributed by atoms with van der Waals surface area (Å²) >= 11 is 1.76. The number of aromatic nitrogens is 1. The number of furan rings is 1. The van der Waals surface area contributed by atoms with E-state index < -0.39 is 0 Å². The second-order valence-corrected chi connectivity index (χ2v) is 7.85. The Morgan fingerprint density at radius 3 is 2.88 bits per heavy atom. The number of hydrogen-bond donors (Lipinski definition) is 2. The molecule has 0 aromatic carbocycles. The molecule has 1 atom stereocenters. The van der Waals surface area contributed by atoms with Crippen molar-refractivity contribution in [2.75, 3.05) is 32.7 Å². The molecule has 1 fully saturated rings. The van der Waals surface area contributed by atoms with Gasteiger partial charge in [0.1, 0.15) is 5.76 Å². The molecule has 26 heavy (non-hydrogen) atoms. The van der Waals surface area contributed by atoms with E-state index in [9.17, 15) is 0 Å². The zero-order chi connectivity index (χ0) is 18.2. The molecular formula is C19H29N5OS. The van der Waals surface area contributed by atoms with Crippen LogP contribution < -0.4 is 10.6 Å². The lowest BCUT2D eigenvalue weighted by Crippen LogP contribution is -2.39. The van der Waals surface area contributed by atoms with Crippen molar-refractivity contribution in [3.63, 3.8) is 0 Å². The molecule has 1 aliphatic rings. The second kappa shape index (κ2) is 9.73. The summed E-state index contributed by atoms with van der Waals surface area (Å²) in [6, 6.07) is 4.23. The molecule has 142 valence electrons. The van der Waals surface area contributed by atoms with Crippen LogP contribution in [-0.2, 0) is 6.42 Å². The van der Waals surface area contributed by atoms with Gasteiger partial charge in [-0.25, -0.2) is 4.98 Å². The Labute approximate surface area is 159 Å². The van der Waals surface area contributed by atoms with Crippen LogP contribution >= 0.6 is 11.3 Å². The maximum atomic E-state index is 5.68. The van der Waals surface area contributed by atoms with Gasteiger partial charge in [0.15, 0.2) is 5.96 Å². The predicted molar refractivity (Wildman–Crippen MR) is 107 cm³/mol. The molecule has 7 heteroatoms. The summed E-state index contributed by atoms with van der Waals surface area (Å²) in [5, 5.41) is 7.93. The van der Waals surface area contributed by atoms with Gasteiger partial charge in [-0.1, -0.05) is 0 Å². The standard InChI is InChI=1S/C19H29N5OS/c1-3-20-19(21-9-8-18-22-13-15(2)26-18)23-14-16(17-7-6-12-25-17)24-10-4-5-11-24/h6-7,12-13,16H,3-5,8-11,14H2,1-2H3,(H2,20,21,23). The number of likely N-dealkylation sites (tertiary alicyclic amines) is 1. The van der Waals surface area contributed by atoms with Crippen LogP contribution in [0.4, 0.5) is 0 Å². The Balaban J connectivity index is 1.58. The van der Waals surface area contributed by atoms with E-state index >= 15 is 0 Å². The van der Waals surface area contributed by atoms with E-state index in [1.807, 2.05) is 12.3 Å². The van der Waals surface area contributed by atoms with Crippen molar-refractivity contribution in [1.82, 2.24) is 20.5 Å². The van der Waals surface area contributed by atoms with Crippen LogP contribution in [0.1, 0.15) is 41.5 Å². The summed E-state index contributed by atoms with van der Waals surface area (Å²) in [6.45, 7) is 8.78. The third-order valence-electron chi connectivity index (χ3n) is 4.52. The molecule has 1 unspecified atom stereocenters. The Morgan fingerprint density at radius 2 is 2.23 bits per heavy atom. The Kier molecular flexibility index (Phi) is 7.08. The Morgan fingerprint density at radius 1 is 1.38 bits per heavy atom. The average Bonchev–Trinajstić information content (AvgIpc) is 3.38. The van der Waals surface area contributed by atoms with Gasteiger partial charge >= 0.3 is 0 Å². The highest BCUT2D eigenvalue weighted by atomic mass is 32.1. The van der Waals surface area contributed by atoms with Gasteiger partial charge in [0, 0.05) is 30.6 Å². The first kappa shape index (κ1) is 18.9. The number of nitrogens with one attached hydrogen (secondary N) is 2. The van der Waals surface area contributed by atoms with Gasteiger partial charge in [-0.05, 0) is 51.9 Å². The minimum absolute atomic E-state index is 0.213. The lowest BCUT2D eigenvalue weighted by Gasteiger charge is -2.24. The molecule has 0 radical (unpaired) electrons. The molecular weight excluding hydrogens is 346 g/mol. The molecule has 3 rings (SSSR count). The van der Waals surface area contributed by atoms with Crippen molar-refractivity contribution in [2.45, 2.75) is 39.2 Å². The van der Waals surface area contributed by atoms with Crippen molar-refractivity contribution in [2.24, 2.45) is 4.99 Å². The van der Waals surface area contributed by atoms with E-state index in [0.29, 0.717) is 6.54 Å². The van der Waals surface area contributed by atoms with E-state index in [0.717, 1.165) is 49.3 Å². The van der Waals surface area contributed by atoms with Gasteiger partial charge in [0.25, 0.3) is 0 Å². The highest BCUT2D eigenvalue weighted by molar-refractivity contribution is 7.11. The zero-order valence-corrected chi connectivity index (χ0v) is 16.5.